The highest BCUT2D eigenvalue weighted by Gasteiger charge is 2.49. The summed E-state index contributed by atoms with van der Waals surface area (Å²) in [6.07, 6.45) is 5.81. The van der Waals surface area contributed by atoms with Crippen LogP contribution in [-0.4, -0.2) is 91.0 Å². The van der Waals surface area contributed by atoms with E-state index in [9.17, 15) is 23.9 Å². The minimum atomic E-state index is -0.703. The number of aromatic hydroxyl groups is 1. The van der Waals surface area contributed by atoms with E-state index in [1.807, 2.05) is 24.4 Å². The standard InChI is InChI=1S/C42H43FN8O5/c1-3-42-18-29(21-51(42)36-17-33(47-48-39(36)45-23-42)30-5-4-6-32(43)38(30)53)56-28-15-24(2)34(44-19-28)22-49-13-11-25(12-14-49)26-7-8-27-20-50(41(55)31(27)16-26)35-9-10-37(52)46-40(35)54/h4-8,15-17,19,25,29H,3,9-14,18,20-23H2,1-2H3,(H2,46,52,54)/p+1/t29-,42+/m1/s1. The summed E-state index contributed by atoms with van der Waals surface area (Å²) in [4.78, 5) is 47.0. The summed E-state index contributed by atoms with van der Waals surface area (Å²) in [7, 11) is 0. The Hall–Kier alpha value is -5.76. The molecule has 0 bridgehead atoms. The molecule has 13 nitrogen and oxygen atoms in total. The van der Waals surface area contributed by atoms with E-state index < -0.39 is 17.5 Å². The van der Waals surface area contributed by atoms with Crippen molar-refractivity contribution >= 4 is 34.9 Å². The Morgan fingerprint density at radius 3 is 2.68 bits per heavy atom. The van der Waals surface area contributed by atoms with Gasteiger partial charge in [0.2, 0.25) is 5.91 Å². The molecule has 7 heterocycles. The average molecular weight is 760 g/mol. The number of pyridine rings is 1. The number of hydrogen-bond acceptors (Lipinski definition) is 11. The second-order valence-electron chi connectivity index (χ2n) is 15.7. The number of piperidine rings is 2. The first-order chi connectivity index (χ1) is 27.1. The number of rotatable bonds is 7. The van der Waals surface area contributed by atoms with Crippen LogP contribution >= 0.6 is 0 Å². The second-order valence-corrected chi connectivity index (χ2v) is 15.7. The first-order valence-electron chi connectivity index (χ1n) is 19.5. The van der Waals surface area contributed by atoms with Gasteiger partial charge in [-0.1, -0.05) is 25.1 Å². The molecule has 2 atom stereocenters. The van der Waals surface area contributed by atoms with Crippen molar-refractivity contribution in [2.24, 2.45) is 0 Å². The summed E-state index contributed by atoms with van der Waals surface area (Å²) in [5.41, 5.74) is 6.50. The number of carbonyl (C=O) groups excluding carboxylic acids is 3. The lowest BCUT2D eigenvalue weighted by Crippen LogP contribution is -2.52. The summed E-state index contributed by atoms with van der Waals surface area (Å²) >= 11 is 0. The molecule has 0 saturated carbocycles. The zero-order chi connectivity index (χ0) is 38.7. The largest absolute Gasteiger partial charge is 0.504 e. The normalized spacial score (nSPS) is 23.7. The Morgan fingerprint density at radius 1 is 1.05 bits per heavy atom. The van der Waals surface area contributed by atoms with E-state index in [0.717, 1.165) is 79.1 Å². The van der Waals surface area contributed by atoms with Crippen LogP contribution in [0.25, 0.3) is 11.3 Å². The van der Waals surface area contributed by atoms with Crippen LogP contribution in [0.4, 0.5) is 15.9 Å². The number of nitrogens with one attached hydrogen (secondary N) is 2. The Bertz CT molecular complexity index is 2320. The van der Waals surface area contributed by atoms with E-state index in [-0.39, 0.29) is 36.3 Å². The topological polar surface area (TPSA) is 153 Å². The number of amides is 3. The SMILES string of the molecule is CC[C@]12CNc3nnc(-c4cccc(F)c4O)cc3N1C[C@H](Oc1cnc(CN3CCC(c4ccc5c(c4)C(=O)[N+](=C4CCC(=O)NC4=O)C5)CC3)c(C)c1)C2. The van der Waals surface area contributed by atoms with Crippen molar-refractivity contribution in [3.8, 4) is 22.8 Å². The lowest BCUT2D eigenvalue weighted by Gasteiger charge is -2.43. The fourth-order valence-corrected chi connectivity index (χ4v) is 9.16. The van der Waals surface area contributed by atoms with Crippen LogP contribution in [0.15, 0.2) is 54.7 Å². The van der Waals surface area contributed by atoms with Gasteiger partial charge in [-0.3, -0.25) is 24.8 Å². The summed E-state index contributed by atoms with van der Waals surface area (Å²) in [5.74, 6) is -0.379. The van der Waals surface area contributed by atoms with Gasteiger partial charge in [0.1, 0.15) is 17.4 Å². The molecule has 0 unspecified atom stereocenters. The molecule has 2 aromatic heterocycles. The lowest BCUT2D eigenvalue weighted by molar-refractivity contribution is -0.438. The summed E-state index contributed by atoms with van der Waals surface area (Å²) in [5, 5.41) is 24.9. The number of halogens is 1. The number of aryl methyl sites for hydroxylation is 1. The molecule has 0 spiro atoms. The second kappa shape index (κ2) is 14.1. The lowest BCUT2D eigenvalue weighted by atomic mass is 9.87. The Kier molecular flexibility index (Phi) is 9.02. The molecule has 4 aromatic rings. The monoisotopic (exact) mass is 759 g/mol. The average Bonchev–Trinajstić information content (AvgIpc) is 3.74. The molecule has 3 fully saturated rings. The number of aromatic nitrogens is 3. The summed E-state index contributed by atoms with van der Waals surface area (Å²) in [6, 6.07) is 14.5. The summed E-state index contributed by atoms with van der Waals surface area (Å²) < 4.78 is 22.3. The number of hydrogen-bond donors (Lipinski definition) is 3. The van der Waals surface area contributed by atoms with Crippen LogP contribution in [0.1, 0.15) is 84.1 Å². The van der Waals surface area contributed by atoms with Crippen molar-refractivity contribution in [3.05, 3.63) is 88.5 Å². The highest BCUT2D eigenvalue weighted by atomic mass is 19.1. The molecular formula is C42H44FN8O5+. The zero-order valence-corrected chi connectivity index (χ0v) is 31.5. The van der Waals surface area contributed by atoms with Gasteiger partial charge in [-0.05, 0) is 86.7 Å². The minimum Gasteiger partial charge on any atom is -0.504 e. The van der Waals surface area contributed by atoms with Crippen molar-refractivity contribution < 1.29 is 33.2 Å². The highest BCUT2D eigenvalue weighted by Crippen LogP contribution is 2.45. The fourth-order valence-electron chi connectivity index (χ4n) is 9.16. The Labute approximate surface area is 323 Å². The van der Waals surface area contributed by atoms with Crippen LogP contribution in [0.3, 0.4) is 0 Å². The predicted octanol–water partition coefficient (Wildman–Crippen LogP) is 4.85. The number of benzene rings is 2. The molecule has 0 radical (unpaired) electrons. The molecule has 5 aliphatic rings. The number of likely N-dealkylation sites (tertiary alicyclic amines) is 1. The molecule has 3 saturated heterocycles. The van der Waals surface area contributed by atoms with Crippen LogP contribution in [-0.2, 0) is 22.7 Å². The van der Waals surface area contributed by atoms with Crippen molar-refractivity contribution in [2.75, 3.05) is 36.4 Å². The van der Waals surface area contributed by atoms with Crippen molar-refractivity contribution in [3.63, 3.8) is 0 Å². The molecule has 5 aliphatic heterocycles. The maximum atomic E-state index is 14.2. The van der Waals surface area contributed by atoms with Crippen LogP contribution in [0, 0.1) is 12.7 Å². The van der Waals surface area contributed by atoms with Gasteiger partial charge in [0, 0.05) is 43.5 Å². The van der Waals surface area contributed by atoms with Gasteiger partial charge < -0.3 is 20.1 Å². The minimum absolute atomic E-state index is 0.0956. The molecule has 9 rings (SSSR count). The van der Waals surface area contributed by atoms with Gasteiger partial charge in [0.05, 0.1) is 35.4 Å². The fraction of sp³-hybridized carbons (Fsp3) is 0.405. The first-order valence-corrected chi connectivity index (χ1v) is 19.5. The van der Waals surface area contributed by atoms with Gasteiger partial charge in [-0.2, -0.15) is 4.58 Å². The molecule has 0 aliphatic carbocycles. The zero-order valence-electron chi connectivity index (χ0n) is 31.5. The first kappa shape index (κ1) is 35.9. The van der Waals surface area contributed by atoms with Gasteiger partial charge in [-0.15, -0.1) is 10.2 Å². The van der Waals surface area contributed by atoms with Crippen LogP contribution in [0.5, 0.6) is 11.5 Å². The van der Waals surface area contributed by atoms with Gasteiger partial charge in [-0.25, -0.2) is 9.18 Å². The van der Waals surface area contributed by atoms with E-state index in [0.29, 0.717) is 53.9 Å². The number of imide groups is 1. The third kappa shape index (κ3) is 6.35. The molecule has 2 aromatic carbocycles. The highest BCUT2D eigenvalue weighted by molar-refractivity contribution is 6.42. The van der Waals surface area contributed by atoms with E-state index in [1.54, 1.807) is 12.1 Å². The van der Waals surface area contributed by atoms with Crippen LogP contribution < -0.4 is 20.3 Å². The van der Waals surface area contributed by atoms with E-state index in [2.05, 4.69) is 56.6 Å². The number of anilines is 2. The Balaban J connectivity index is 0.827. The van der Waals surface area contributed by atoms with Crippen molar-refractivity contribution in [1.29, 1.82) is 0 Å². The number of fused-ring (bicyclic) bond motifs is 4. The number of nitrogens with zero attached hydrogens (tertiary/aromatic N) is 6. The smallest absolute Gasteiger partial charge is 0.420 e. The van der Waals surface area contributed by atoms with E-state index in [1.165, 1.54) is 10.6 Å². The number of para-hydroxylation sites is 1. The molecule has 56 heavy (non-hydrogen) atoms. The molecule has 3 amide bonds. The summed E-state index contributed by atoms with van der Waals surface area (Å²) in [6.45, 7) is 8.48. The number of phenols is 1. The molecule has 288 valence electrons. The Morgan fingerprint density at radius 2 is 1.89 bits per heavy atom. The molecular weight excluding hydrogens is 716 g/mol. The van der Waals surface area contributed by atoms with E-state index >= 15 is 0 Å². The quantitative estimate of drug-likeness (QED) is 0.175. The number of ether oxygens (including phenoxy) is 1. The maximum absolute atomic E-state index is 14.2. The molecule has 14 heteroatoms. The van der Waals surface area contributed by atoms with Gasteiger partial charge in [0.15, 0.2) is 23.9 Å². The van der Waals surface area contributed by atoms with Gasteiger partial charge in [0.25, 0.3) is 5.71 Å². The van der Waals surface area contributed by atoms with Crippen molar-refractivity contribution in [2.45, 2.75) is 83.0 Å². The van der Waals surface area contributed by atoms with Gasteiger partial charge >= 0.3 is 11.8 Å². The van der Waals surface area contributed by atoms with Crippen LogP contribution in [0.2, 0.25) is 0 Å². The number of carbonyl (C=O) groups is 3. The molecule has 3 N–H and O–H groups in total. The third-order valence-corrected chi connectivity index (χ3v) is 12.4. The van der Waals surface area contributed by atoms with E-state index in [4.69, 9.17) is 9.72 Å². The predicted molar refractivity (Wildman–Crippen MR) is 205 cm³/mol. The van der Waals surface area contributed by atoms with Crippen molar-refractivity contribution in [1.82, 2.24) is 25.4 Å². The maximum Gasteiger partial charge on any atom is 0.420 e. The number of phenolic OH excluding ortho intramolecular Hbond substituents is 1. The third-order valence-electron chi connectivity index (χ3n) is 12.4.